The van der Waals surface area contributed by atoms with E-state index >= 15 is 0 Å². The van der Waals surface area contributed by atoms with Crippen molar-refractivity contribution < 1.29 is 8.42 Å². The number of nitrogens with zero attached hydrogens (tertiary/aromatic N) is 2. The Balaban J connectivity index is 1.95. The molecule has 142 valence electrons. The van der Waals surface area contributed by atoms with Crippen molar-refractivity contribution in [2.75, 3.05) is 22.8 Å². The molecule has 0 fully saturated rings. The van der Waals surface area contributed by atoms with Crippen molar-refractivity contribution in [1.29, 1.82) is 0 Å². The maximum Gasteiger partial charge on any atom is 0.229 e. The van der Waals surface area contributed by atoms with Crippen LogP contribution in [0.4, 0.5) is 11.5 Å². The van der Waals surface area contributed by atoms with Crippen LogP contribution in [0, 0.1) is 5.92 Å². The summed E-state index contributed by atoms with van der Waals surface area (Å²) in [6, 6.07) is 13.3. The van der Waals surface area contributed by atoms with E-state index in [2.05, 4.69) is 33.9 Å². The van der Waals surface area contributed by atoms with Gasteiger partial charge in [0.1, 0.15) is 12.1 Å². The first kappa shape index (κ1) is 19.1. The summed E-state index contributed by atoms with van der Waals surface area (Å²) in [6.45, 7) is 5.23. The molecule has 1 aromatic heterocycles. The van der Waals surface area contributed by atoms with Crippen LogP contribution in [0.2, 0.25) is 0 Å². The summed E-state index contributed by atoms with van der Waals surface area (Å²) >= 11 is 0. The molecule has 3 aromatic rings. The van der Waals surface area contributed by atoms with E-state index in [9.17, 15) is 8.42 Å². The monoisotopic (exact) mass is 384 g/mol. The predicted octanol–water partition coefficient (Wildman–Crippen LogP) is 4.13. The number of fused-ring (bicyclic) bond motifs is 1. The lowest BCUT2D eigenvalue weighted by Gasteiger charge is -2.11. The first-order valence-electron chi connectivity index (χ1n) is 8.89. The second-order valence-corrected chi connectivity index (χ2v) is 8.77. The highest BCUT2D eigenvalue weighted by molar-refractivity contribution is 7.92. The quantitative estimate of drug-likeness (QED) is 0.640. The average Bonchev–Trinajstić information content (AvgIpc) is 2.60. The van der Waals surface area contributed by atoms with Gasteiger partial charge in [0.15, 0.2) is 0 Å². The first-order chi connectivity index (χ1) is 12.8. The molecule has 0 amide bonds. The maximum absolute atomic E-state index is 11.5. The molecule has 0 radical (unpaired) electrons. The van der Waals surface area contributed by atoms with Gasteiger partial charge < -0.3 is 5.32 Å². The van der Waals surface area contributed by atoms with E-state index in [4.69, 9.17) is 0 Å². The molecule has 0 spiro atoms. The van der Waals surface area contributed by atoms with Crippen molar-refractivity contribution in [2.24, 2.45) is 5.92 Å². The summed E-state index contributed by atoms with van der Waals surface area (Å²) < 4.78 is 25.5. The van der Waals surface area contributed by atoms with Gasteiger partial charge in [-0.05, 0) is 47.7 Å². The topological polar surface area (TPSA) is 84.0 Å². The Morgan fingerprint density at radius 1 is 1.04 bits per heavy atom. The summed E-state index contributed by atoms with van der Waals surface area (Å²) in [5.41, 5.74) is 3.30. The summed E-state index contributed by atoms with van der Waals surface area (Å²) in [4.78, 5) is 8.73. The largest absolute Gasteiger partial charge is 0.369 e. The Kier molecular flexibility index (Phi) is 5.60. The van der Waals surface area contributed by atoms with Gasteiger partial charge >= 0.3 is 0 Å². The number of sulfonamides is 1. The number of rotatable bonds is 7. The van der Waals surface area contributed by atoms with Crippen LogP contribution in [0.25, 0.3) is 22.0 Å². The van der Waals surface area contributed by atoms with Crippen LogP contribution in [0.1, 0.15) is 20.3 Å². The lowest BCUT2D eigenvalue weighted by atomic mass is 10.0. The zero-order valence-corrected chi connectivity index (χ0v) is 16.5. The van der Waals surface area contributed by atoms with Gasteiger partial charge in [-0.3, -0.25) is 4.72 Å². The van der Waals surface area contributed by atoms with E-state index < -0.39 is 10.0 Å². The molecule has 2 N–H and O–H groups in total. The van der Waals surface area contributed by atoms with Crippen LogP contribution in [-0.4, -0.2) is 31.2 Å². The molecule has 3 rings (SSSR count). The summed E-state index contributed by atoms with van der Waals surface area (Å²) in [5.74, 6) is 1.43. The summed E-state index contributed by atoms with van der Waals surface area (Å²) in [7, 11) is -3.31. The SMILES string of the molecule is CC(C)CCNc1ncnc2ccc(-c3cccc(NS(C)(=O)=O)c3)cc12. The fraction of sp³-hybridized carbons (Fsp3) is 0.300. The molecule has 0 aliphatic carbocycles. The lowest BCUT2D eigenvalue weighted by molar-refractivity contribution is 0.606. The van der Waals surface area contributed by atoms with Crippen molar-refractivity contribution in [3.8, 4) is 11.1 Å². The zero-order chi connectivity index (χ0) is 19.4. The third-order valence-electron chi connectivity index (χ3n) is 4.15. The third kappa shape index (κ3) is 5.17. The molecule has 1 heterocycles. The molecule has 0 aliphatic heterocycles. The first-order valence-corrected chi connectivity index (χ1v) is 10.8. The molecular weight excluding hydrogens is 360 g/mol. The maximum atomic E-state index is 11.5. The van der Waals surface area contributed by atoms with Crippen molar-refractivity contribution in [1.82, 2.24) is 9.97 Å². The highest BCUT2D eigenvalue weighted by Gasteiger charge is 2.08. The highest BCUT2D eigenvalue weighted by atomic mass is 32.2. The van der Waals surface area contributed by atoms with Gasteiger partial charge in [0.25, 0.3) is 0 Å². The molecule has 0 saturated carbocycles. The average molecular weight is 385 g/mol. The Morgan fingerprint density at radius 2 is 1.81 bits per heavy atom. The minimum Gasteiger partial charge on any atom is -0.369 e. The van der Waals surface area contributed by atoms with Crippen molar-refractivity contribution in [3.63, 3.8) is 0 Å². The number of nitrogens with one attached hydrogen (secondary N) is 2. The van der Waals surface area contributed by atoms with Crippen molar-refractivity contribution in [3.05, 3.63) is 48.8 Å². The van der Waals surface area contributed by atoms with Crippen LogP contribution < -0.4 is 10.0 Å². The fourth-order valence-corrected chi connectivity index (χ4v) is 3.39. The van der Waals surface area contributed by atoms with E-state index in [1.165, 1.54) is 0 Å². The van der Waals surface area contributed by atoms with E-state index in [1.54, 1.807) is 12.4 Å². The Bertz CT molecular complexity index is 1050. The number of hydrogen-bond donors (Lipinski definition) is 2. The smallest absolute Gasteiger partial charge is 0.229 e. The number of anilines is 2. The molecule has 7 heteroatoms. The third-order valence-corrected chi connectivity index (χ3v) is 4.76. The van der Waals surface area contributed by atoms with E-state index in [0.717, 1.165) is 47.1 Å². The standard InChI is InChI=1S/C20H24N4O2S/c1-14(2)9-10-21-20-18-12-16(7-8-19(18)22-13-23-20)15-5-4-6-17(11-15)24-27(3,25)26/h4-8,11-14,24H,9-10H2,1-3H3,(H,21,22,23). The minimum absolute atomic E-state index is 0.537. The van der Waals surface area contributed by atoms with Gasteiger partial charge in [-0.1, -0.05) is 32.0 Å². The number of benzene rings is 2. The fourth-order valence-electron chi connectivity index (χ4n) is 2.83. The molecule has 0 aliphatic rings. The molecule has 27 heavy (non-hydrogen) atoms. The van der Waals surface area contributed by atoms with E-state index in [0.29, 0.717) is 11.6 Å². The van der Waals surface area contributed by atoms with Crippen molar-refractivity contribution in [2.45, 2.75) is 20.3 Å². The second kappa shape index (κ2) is 7.92. The van der Waals surface area contributed by atoms with Gasteiger partial charge in [0, 0.05) is 17.6 Å². The molecule has 0 unspecified atom stereocenters. The van der Waals surface area contributed by atoms with Crippen LogP contribution in [0.5, 0.6) is 0 Å². The zero-order valence-electron chi connectivity index (χ0n) is 15.7. The minimum atomic E-state index is -3.31. The van der Waals surface area contributed by atoms with Gasteiger partial charge in [0.05, 0.1) is 11.8 Å². The molecule has 2 aromatic carbocycles. The normalized spacial score (nSPS) is 11.7. The Morgan fingerprint density at radius 3 is 2.56 bits per heavy atom. The molecule has 0 saturated heterocycles. The van der Waals surface area contributed by atoms with Crippen LogP contribution >= 0.6 is 0 Å². The number of aromatic nitrogens is 2. The van der Waals surface area contributed by atoms with Crippen LogP contribution in [-0.2, 0) is 10.0 Å². The van der Waals surface area contributed by atoms with E-state index in [-0.39, 0.29) is 0 Å². The molecular formula is C20H24N4O2S. The second-order valence-electron chi connectivity index (χ2n) is 7.02. The summed E-state index contributed by atoms with van der Waals surface area (Å²) in [6.07, 6.45) is 3.77. The molecule has 0 atom stereocenters. The van der Waals surface area contributed by atoms with Gasteiger partial charge in [-0.25, -0.2) is 18.4 Å². The van der Waals surface area contributed by atoms with Crippen LogP contribution in [0.3, 0.4) is 0 Å². The van der Waals surface area contributed by atoms with Crippen LogP contribution in [0.15, 0.2) is 48.8 Å². The molecule has 6 nitrogen and oxygen atoms in total. The van der Waals surface area contributed by atoms with Gasteiger partial charge in [0.2, 0.25) is 10.0 Å². The van der Waals surface area contributed by atoms with Crippen molar-refractivity contribution >= 4 is 32.4 Å². The van der Waals surface area contributed by atoms with Gasteiger partial charge in [-0.15, -0.1) is 0 Å². The predicted molar refractivity (Wildman–Crippen MR) is 111 cm³/mol. The number of hydrogen-bond acceptors (Lipinski definition) is 5. The van der Waals surface area contributed by atoms with Gasteiger partial charge in [-0.2, -0.15) is 0 Å². The highest BCUT2D eigenvalue weighted by Crippen LogP contribution is 2.28. The van der Waals surface area contributed by atoms with E-state index in [1.807, 2.05) is 36.4 Å². The summed E-state index contributed by atoms with van der Waals surface area (Å²) in [5, 5.41) is 4.34. The lowest BCUT2D eigenvalue weighted by Crippen LogP contribution is -2.09. The Hall–Kier alpha value is -2.67. The Labute approximate surface area is 160 Å². The molecule has 0 bridgehead atoms.